The van der Waals surface area contributed by atoms with Gasteiger partial charge in [-0.15, -0.1) is 0 Å². The zero-order valence-electron chi connectivity index (χ0n) is 32.5. The predicted molar refractivity (Wildman–Crippen MR) is 244 cm³/mol. The molecule has 0 fully saturated rings. The van der Waals surface area contributed by atoms with Crippen molar-refractivity contribution in [1.82, 2.24) is 4.57 Å². The summed E-state index contributed by atoms with van der Waals surface area (Å²) < 4.78 is 8.76. The maximum absolute atomic E-state index is 6.33. The monoisotopic (exact) mass is 753 g/mol. The largest absolute Gasteiger partial charge is 0.488 e. The van der Waals surface area contributed by atoms with E-state index in [9.17, 15) is 0 Å². The highest BCUT2D eigenvalue weighted by atomic mass is 16.5. The van der Waals surface area contributed by atoms with Crippen LogP contribution in [0.5, 0.6) is 5.75 Å². The molecular weight excluding hydrogens is 715 g/mol. The smallest absolute Gasteiger partial charge is 0.129 e. The molecule has 0 amide bonds. The molecule has 0 spiro atoms. The Morgan fingerprint density at radius 1 is 0.390 bits per heavy atom. The SMILES string of the molecule is c1ccc(-c2ccc(-c3ccccc3)c(C3Cc4ccc(-c5ccc6c(c5)c5ccccc5n6-c5cccc6c5-c5ccccc5CO6)cc4-c4ccccc43)c2)cc1. The second-order valence-corrected chi connectivity index (χ2v) is 15.9. The minimum Gasteiger partial charge on any atom is -0.488 e. The first-order chi connectivity index (χ1) is 29.3. The molecule has 12 rings (SSSR count). The molecule has 59 heavy (non-hydrogen) atoms. The Morgan fingerprint density at radius 3 is 1.95 bits per heavy atom. The van der Waals surface area contributed by atoms with Gasteiger partial charge in [0.2, 0.25) is 0 Å². The molecule has 278 valence electrons. The van der Waals surface area contributed by atoms with Crippen molar-refractivity contribution >= 4 is 21.8 Å². The number of aromatic nitrogens is 1. The van der Waals surface area contributed by atoms with E-state index in [0.717, 1.165) is 23.4 Å². The molecule has 1 atom stereocenters. The Labute approximate surface area is 344 Å². The Morgan fingerprint density at radius 2 is 1.07 bits per heavy atom. The fourth-order valence-electron chi connectivity index (χ4n) is 9.93. The summed E-state index contributed by atoms with van der Waals surface area (Å²) in [5.74, 6) is 1.15. The van der Waals surface area contributed by atoms with Crippen molar-refractivity contribution in [3.05, 3.63) is 229 Å². The molecule has 1 aliphatic carbocycles. The lowest BCUT2D eigenvalue weighted by Gasteiger charge is -2.30. The van der Waals surface area contributed by atoms with Crippen molar-refractivity contribution in [3.8, 4) is 67.1 Å². The summed E-state index contributed by atoms with van der Waals surface area (Å²) >= 11 is 0. The van der Waals surface area contributed by atoms with Crippen LogP contribution in [0.4, 0.5) is 0 Å². The molecule has 9 aromatic carbocycles. The highest BCUT2D eigenvalue weighted by Crippen LogP contribution is 2.48. The third kappa shape index (κ3) is 5.48. The molecule has 0 saturated heterocycles. The van der Waals surface area contributed by atoms with Crippen LogP contribution in [0.2, 0.25) is 0 Å². The van der Waals surface area contributed by atoms with Gasteiger partial charge >= 0.3 is 0 Å². The zero-order chi connectivity index (χ0) is 38.9. The topological polar surface area (TPSA) is 14.2 Å². The minimum atomic E-state index is 0.215. The third-order valence-electron chi connectivity index (χ3n) is 12.7. The Hall–Kier alpha value is -7.42. The average Bonchev–Trinajstić information content (AvgIpc) is 3.64. The van der Waals surface area contributed by atoms with Gasteiger partial charge in [-0.3, -0.25) is 0 Å². The molecule has 2 heterocycles. The Kier molecular flexibility index (Phi) is 7.77. The summed E-state index contributed by atoms with van der Waals surface area (Å²) in [4.78, 5) is 0. The highest BCUT2D eigenvalue weighted by Gasteiger charge is 2.29. The van der Waals surface area contributed by atoms with E-state index in [1.54, 1.807) is 0 Å². The molecule has 2 nitrogen and oxygen atoms in total. The number of nitrogens with zero attached hydrogens (tertiary/aromatic N) is 1. The summed E-state index contributed by atoms with van der Waals surface area (Å²) in [7, 11) is 0. The minimum absolute atomic E-state index is 0.215. The number of rotatable bonds is 5. The van der Waals surface area contributed by atoms with E-state index in [1.807, 2.05) is 0 Å². The number of hydrogen-bond acceptors (Lipinski definition) is 1. The van der Waals surface area contributed by atoms with Crippen LogP contribution in [0.1, 0.15) is 28.2 Å². The molecule has 10 aromatic rings. The van der Waals surface area contributed by atoms with E-state index < -0.39 is 0 Å². The lowest BCUT2D eigenvalue weighted by molar-refractivity contribution is 0.302. The molecule has 1 aromatic heterocycles. The quantitative estimate of drug-likeness (QED) is 0.171. The summed E-state index contributed by atoms with van der Waals surface area (Å²) in [5.41, 5.74) is 21.4. The van der Waals surface area contributed by atoms with Gasteiger partial charge < -0.3 is 9.30 Å². The van der Waals surface area contributed by atoms with Crippen molar-refractivity contribution < 1.29 is 4.74 Å². The summed E-state index contributed by atoms with van der Waals surface area (Å²) in [6, 6.07) is 75.9. The normalized spacial score (nSPS) is 13.9. The first-order valence-corrected chi connectivity index (χ1v) is 20.6. The van der Waals surface area contributed by atoms with E-state index in [1.165, 1.54) is 94.1 Å². The Balaban J connectivity index is 0.979. The number of fused-ring (bicyclic) bond motifs is 9. The third-order valence-corrected chi connectivity index (χ3v) is 12.7. The number of hydrogen-bond donors (Lipinski definition) is 0. The van der Waals surface area contributed by atoms with Gasteiger partial charge in [-0.2, -0.15) is 0 Å². The van der Waals surface area contributed by atoms with Crippen LogP contribution in [0.15, 0.2) is 206 Å². The molecule has 0 bridgehead atoms. The maximum Gasteiger partial charge on any atom is 0.129 e. The van der Waals surface area contributed by atoms with Crippen LogP contribution >= 0.6 is 0 Å². The van der Waals surface area contributed by atoms with Crippen LogP contribution in [0, 0.1) is 0 Å². The number of ether oxygens (including phenoxy) is 1. The molecule has 1 unspecified atom stereocenters. The van der Waals surface area contributed by atoms with Crippen LogP contribution < -0.4 is 4.74 Å². The van der Waals surface area contributed by atoms with Crippen molar-refractivity contribution in [2.75, 3.05) is 0 Å². The molecule has 0 saturated carbocycles. The number of para-hydroxylation sites is 1. The van der Waals surface area contributed by atoms with Crippen molar-refractivity contribution in [3.63, 3.8) is 0 Å². The van der Waals surface area contributed by atoms with E-state index in [2.05, 4.69) is 211 Å². The summed E-state index contributed by atoms with van der Waals surface area (Å²) in [6.45, 7) is 0.589. The van der Waals surface area contributed by atoms with Gasteiger partial charge in [0.05, 0.1) is 16.7 Å². The van der Waals surface area contributed by atoms with E-state index in [4.69, 9.17) is 4.74 Å². The van der Waals surface area contributed by atoms with Gasteiger partial charge in [-0.25, -0.2) is 0 Å². The van der Waals surface area contributed by atoms with Crippen molar-refractivity contribution in [2.24, 2.45) is 0 Å². The van der Waals surface area contributed by atoms with Gasteiger partial charge in [0, 0.05) is 22.3 Å². The first kappa shape index (κ1) is 33.7. The number of benzene rings is 9. The lowest BCUT2D eigenvalue weighted by Crippen LogP contribution is -2.14. The second-order valence-electron chi connectivity index (χ2n) is 15.9. The lowest BCUT2D eigenvalue weighted by atomic mass is 9.73. The standard InChI is InChI=1S/C57H39NO/c1-3-14-37(15-4-1)39-28-30-44(38-16-5-2-6-17-38)50(33-39)51-35-42-27-26-40(32-49(42)46-20-9-10-21-47(46)51)41-29-31-54-52(34-41)48-22-11-12-23-53(48)58(54)55-24-13-25-56-57(55)45-19-8-7-18-43(45)36-59-56/h1-34,51H,35-36H2. The summed E-state index contributed by atoms with van der Waals surface area (Å²) in [6.07, 6.45) is 0.936. The van der Waals surface area contributed by atoms with Crippen LogP contribution in [-0.4, -0.2) is 4.57 Å². The fraction of sp³-hybridized carbons (Fsp3) is 0.0526. The van der Waals surface area contributed by atoms with Crippen molar-refractivity contribution in [2.45, 2.75) is 18.9 Å². The molecule has 2 aliphatic rings. The predicted octanol–water partition coefficient (Wildman–Crippen LogP) is 14.7. The zero-order valence-corrected chi connectivity index (χ0v) is 32.5. The van der Waals surface area contributed by atoms with Gasteiger partial charge in [-0.1, -0.05) is 164 Å². The van der Waals surface area contributed by atoms with Crippen LogP contribution in [-0.2, 0) is 13.0 Å². The summed E-state index contributed by atoms with van der Waals surface area (Å²) in [5, 5.41) is 2.48. The second kappa shape index (κ2) is 13.6. The maximum atomic E-state index is 6.33. The molecular formula is C57H39NO. The van der Waals surface area contributed by atoms with E-state index in [-0.39, 0.29) is 5.92 Å². The van der Waals surface area contributed by atoms with Gasteiger partial charge in [0.25, 0.3) is 0 Å². The molecule has 0 radical (unpaired) electrons. The van der Waals surface area contributed by atoms with Crippen LogP contribution in [0.25, 0.3) is 83.1 Å². The molecule has 0 N–H and O–H groups in total. The van der Waals surface area contributed by atoms with Crippen LogP contribution in [0.3, 0.4) is 0 Å². The average molecular weight is 754 g/mol. The first-order valence-electron chi connectivity index (χ1n) is 20.6. The fourth-order valence-corrected chi connectivity index (χ4v) is 9.93. The van der Waals surface area contributed by atoms with E-state index in [0.29, 0.717) is 6.61 Å². The van der Waals surface area contributed by atoms with E-state index >= 15 is 0 Å². The highest BCUT2D eigenvalue weighted by molar-refractivity contribution is 6.11. The molecule has 2 heteroatoms. The van der Waals surface area contributed by atoms with Crippen molar-refractivity contribution in [1.29, 1.82) is 0 Å². The Bertz CT molecular complexity index is 3250. The molecule has 1 aliphatic heterocycles. The van der Waals surface area contributed by atoms with Gasteiger partial charge in [-0.05, 0) is 121 Å². The van der Waals surface area contributed by atoms with Gasteiger partial charge in [0.15, 0.2) is 0 Å². The van der Waals surface area contributed by atoms with Gasteiger partial charge in [0.1, 0.15) is 12.4 Å².